The van der Waals surface area contributed by atoms with Gasteiger partial charge in [0.2, 0.25) is 0 Å². The predicted molar refractivity (Wildman–Crippen MR) is 245 cm³/mol. The third-order valence-corrected chi connectivity index (χ3v) is 14.9. The minimum Gasteiger partial charge on any atom is -0.756 e. The van der Waals surface area contributed by atoms with E-state index in [-0.39, 0.29) is 77.1 Å². The molecule has 2 rings (SSSR count). The van der Waals surface area contributed by atoms with Crippen LogP contribution < -0.4 is 80.3 Å². The number of ether oxygens (including phenoxy) is 2. The Balaban J connectivity index is 0.0000205. The van der Waals surface area contributed by atoms with Gasteiger partial charge in [0, 0.05) is 18.4 Å². The van der Waals surface area contributed by atoms with Gasteiger partial charge in [0.25, 0.3) is 15.6 Å². The Kier molecular flexibility index (Phi) is 40.7. The molecular formula is C44H81N3Na2O13P2S. The minimum absolute atomic E-state index is 0. The van der Waals surface area contributed by atoms with Gasteiger partial charge in [-0.3, -0.25) is 18.5 Å². The number of nitrogen functional groups attached to an aromatic ring is 1. The number of nitrogens with two attached hydrogens (primary N) is 1. The van der Waals surface area contributed by atoms with Crippen LogP contribution in [0.1, 0.15) is 200 Å². The smallest absolute Gasteiger partial charge is 0.756 e. The van der Waals surface area contributed by atoms with Gasteiger partial charge in [-0.2, -0.15) is 16.7 Å². The second kappa shape index (κ2) is 40.3. The molecule has 16 nitrogen and oxygen atoms in total. The molecule has 0 aliphatic carbocycles. The number of carbonyl (C=O) groups excluding carboxylic acids is 1. The van der Waals surface area contributed by atoms with E-state index < -0.39 is 71.2 Å². The van der Waals surface area contributed by atoms with E-state index in [1.807, 2.05) is 0 Å². The van der Waals surface area contributed by atoms with Gasteiger partial charge in [-0.1, -0.05) is 174 Å². The van der Waals surface area contributed by atoms with Crippen molar-refractivity contribution in [2.75, 3.05) is 30.5 Å². The zero-order valence-corrected chi connectivity index (χ0v) is 46.9. The van der Waals surface area contributed by atoms with Crippen molar-refractivity contribution in [3.05, 3.63) is 22.7 Å². The van der Waals surface area contributed by atoms with Crippen molar-refractivity contribution in [2.45, 2.75) is 224 Å². The van der Waals surface area contributed by atoms with E-state index in [9.17, 15) is 38.7 Å². The Labute approximate surface area is 438 Å². The Bertz CT molecular complexity index is 1510. The van der Waals surface area contributed by atoms with Crippen molar-refractivity contribution in [1.29, 1.82) is 0 Å². The van der Waals surface area contributed by atoms with Gasteiger partial charge in [0.1, 0.15) is 30.2 Å². The molecule has 0 aromatic carbocycles. The number of aromatic nitrogens is 2. The summed E-state index contributed by atoms with van der Waals surface area (Å²) in [6.45, 7) is 2.83. The predicted octanol–water partition coefficient (Wildman–Crippen LogP) is 3.05. The number of nitrogens with zero attached hydrogens (tertiary/aromatic N) is 2. The van der Waals surface area contributed by atoms with Crippen LogP contribution in [0.5, 0.6) is 0 Å². The van der Waals surface area contributed by atoms with E-state index in [1.165, 1.54) is 152 Å². The van der Waals surface area contributed by atoms with Crippen LogP contribution in [0.4, 0.5) is 5.82 Å². The maximum Gasteiger partial charge on any atom is 1.00 e. The summed E-state index contributed by atoms with van der Waals surface area (Å²) in [5.74, 6) is 0.428. The third kappa shape index (κ3) is 32.3. The quantitative estimate of drug-likeness (QED) is 0.0370. The van der Waals surface area contributed by atoms with Gasteiger partial charge < -0.3 is 44.3 Å². The number of hydrogen-bond acceptors (Lipinski definition) is 16. The molecule has 368 valence electrons. The van der Waals surface area contributed by atoms with Gasteiger partial charge in [0.15, 0.2) is 6.23 Å². The Morgan fingerprint density at radius 3 is 1.68 bits per heavy atom. The molecule has 0 spiro atoms. The van der Waals surface area contributed by atoms with Crippen LogP contribution in [0.2, 0.25) is 0 Å². The molecule has 0 saturated carbocycles. The number of phosphoric acid groups is 2. The fourth-order valence-corrected chi connectivity index (χ4v) is 10.5. The first-order valence-electron chi connectivity index (χ1n) is 24.0. The van der Waals surface area contributed by atoms with E-state index in [4.69, 9.17) is 19.7 Å². The molecule has 0 amide bonds. The standard InChI is InChI=1S/C44H83N3O13P2S.2Na/c1-3-5-7-9-11-13-15-17-19-21-23-25-27-29-33-63-36-37(58-40(48)30-28-26-24-22-20-18-16-14-12-10-8-6-4-2)34-56-61(52,53)60-62(54,55)57-35-38-41(49)42(50)43(59-38)47-32-31-39(45)46-44(47)51;;/h31-32,37-38,41-43,49-50H,3-30,33-36H2,1-2H3,(H,52,53)(H,54,55)(H2,45,46,51);;/q;2*+1/p-2. The molecule has 1 fully saturated rings. The van der Waals surface area contributed by atoms with E-state index in [0.717, 1.165) is 48.8 Å². The van der Waals surface area contributed by atoms with Crippen LogP contribution in [-0.2, 0) is 36.8 Å². The average Bonchev–Trinajstić information content (AvgIpc) is 3.51. The van der Waals surface area contributed by atoms with Gasteiger partial charge in [-0.25, -0.2) is 9.11 Å². The minimum atomic E-state index is -5.63. The molecule has 1 saturated heterocycles. The molecule has 0 bridgehead atoms. The van der Waals surface area contributed by atoms with E-state index >= 15 is 0 Å². The Hall–Kier alpha value is 0.640. The second-order valence-electron chi connectivity index (χ2n) is 16.9. The van der Waals surface area contributed by atoms with Gasteiger partial charge in [-0.15, -0.1) is 0 Å². The number of aliphatic hydroxyl groups is 2. The summed E-state index contributed by atoms with van der Waals surface area (Å²) < 4.78 is 51.0. The van der Waals surface area contributed by atoms with Crippen molar-refractivity contribution in [1.82, 2.24) is 9.55 Å². The Morgan fingerprint density at radius 1 is 0.754 bits per heavy atom. The first-order valence-corrected chi connectivity index (χ1v) is 28.1. The van der Waals surface area contributed by atoms with Crippen LogP contribution in [0, 0.1) is 0 Å². The van der Waals surface area contributed by atoms with Crippen LogP contribution in [0.3, 0.4) is 0 Å². The van der Waals surface area contributed by atoms with Crippen LogP contribution in [0.25, 0.3) is 0 Å². The van der Waals surface area contributed by atoms with Gasteiger partial charge in [-0.05, 0) is 24.7 Å². The summed E-state index contributed by atoms with van der Waals surface area (Å²) in [4.78, 5) is 53.8. The molecule has 65 heavy (non-hydrogen) atoms. The fraction of sp³-hybridized carbons (Fsp3) is 0.886. The number of thioether (sulfide) groups is 1. The van der Waals surface area contributed by atoms with Crippen molar-refractivity contribution in [2.24, 2.45) is 0 Å². The summed E-state index contributed by atoms with van der Waals surface area (Å²) in [6.07, 6.45) is 26.6. The van der Waals surface area contributed by atoms with Gasteiger partial charge >= 0.3 is 70.8 Å². The first-order chi connectivity index (χ1) is 30.3. The summed E-state index contributed by atoms with van der Waals surface area (Å²) in [5, 5.41) is 20.8. The van der Waals surface area contributed by atoms with E-state index in [2.05, 4.69) is 27.7 Å². The Morgan fingerprint density at radius 2 is 1.20 bits per heavy atom. The van der Waals surface area contributed by atoms with Crippen molar-refractivity contribution < 1.29 is 116 Å². The number of carbonyl (C=O) groups is 1. The summed E-state index contributed by atoms with van der Waals surface area (Å²) in [7, 11) is -11.2. The van der Waals surface area contributed by atoms with Crippen molar-refractivity contribution in [3.8, 4) is 0 Å². The first kappa shape index (κ1) is 65.6. The number of anilines is 1. The largest absolute Gasteiger partial charge is 1.00 e. The maximum atomic E-state index is 12.8. The zero-order valence-electron chi connectivity index (χ0n) is 40.3. The average molecular weight is 1000 g/mol. The number of hydrogen-bond donors (Lipinski definition) is 3. The fourth-order valence-electron chi connectivity index (χ4n) is 7.49. The monoisotopic (exact) mass is 999 g/mol. The van der Waals surface area contributed by atoms with Crippen LogP contribution in [-0.4, -0.2) is 74.9 Å². The van der Waals surface area contributed by atoms with E-state index in [1.54, 1.807) is 0 Å². The normalized spacial score (nSPS) is 19.5. The zero-order chi connectivity index (χ0) is 46.2. The molecule has 0 radical (unpaired) electrons. The third-order valence-electron chi connectivity index (χ3n) is 11.2. The molecule has 4 N–H and O–H groups in total. The number of unbranched alkanes of at least 4 members (excludes halogenated alkanes) is 25. The molecule has 1 aliphatic rings. The van der Waals surface area contributed by atoms with Crippen molar-refractivity contribution >= 4 is 39.2 Å². The van der Waals surface area contributed by atoms with Gasteiger partial charge in [0.05, 0.1) is 13.2 Å². The van der Waals surface area contributed by atoms with Crippen LogP contribution in [0.15, 0.2) is 17.1 Å². The molecule has 1 aliphatic heterocycles. The van der Waals surface area contributed by atoms with Crippen LogP contribution >= 0.6 is 27.4 Å². The number of phosphoric ester groups is 2. The van der Waals surface area contributed by atoms with Crippen molar-refractivity contribution in [3.63, 3.8) is 0 Å². The number of aliphatic hydroxyl groups excluding tert-OH is 2. The second-order valence-corrected chi connectivity index (χ2v) is 21.0. The van der Waals surface area contributed by atoms with E-state index in [0.29, 0.717) is 6.42 Å². The molecule has 7 atom stereocenters. The summed E-state index contributed by atoms with van der Waals surface area (Å²) in [6, 6.07) is 1.25. The SMILES string of the molecule is CCCCCCCCCCCCCCCCSCC(COP(=O)([O-])OP(=O)([O-])OCC1OC(n2ccc(N)nc2=O)C(O)C1O)OC(=O)CCCCCCCCCCCCCCC.[Na+].[Na+]. The topological polar surface area (TPSA) is 245 Å². The number of esters is 1. The molecule has 1 aromatic rings. The summed E-state index contributed by atoms with van der Waals surface area (Å²) >= 11 is 1.50. The molecule has 21 heteroatoms. The maximum absolute atomic E-state index is 12.8. The molecule has 1 aromatic heterocycles. The molecule has 7 unspecified atom stereocenters. The molecular weight excluding hydrogens is 918 g/mol. The molecule has 2 heterocycles. The number of rotatable bonds is 41. The summed E-state index contributed by atoms with van der Waals surface area (Å²) in [5.41, 5.74) is 4.59.